The number of Topliss-reactive ketones (excluding diaryl/α,β-unsaturated/α-hetero) is 1. The van der Waals surface area contributed by atoms with Crippen LogP contribution in [-0.4, -0.2) is 10.8 Å². The number of fused-ring (bicyclic) bond motifs is 1. The molecule has 20 heavy (non-hydrogen) atoms. The van der Waals surface area contributed by atoms with E-state index in [1.807, 2.05) is 6.92 Å². The third-order valence-electron chi connectivity index (χ3n) is 3.94. The van der Waals surface area contributed by atoms with Gasteiger partial charge in [0.25, 0.3) is 0 Å². The molecule has 0 N–H and O–H groups in total. The minimum Gasteiger partial charge on any atom is -0.294 e. The maximum Gasteiger partial charge on any atom is 0.164 e. The summed E-state index contributed by atoms with van der Waals surface area (Å²) in [6, 6.07) is 2.23. The summed E-state index contributed by atoms with van der Waals surface area (Å²) in [7, 11) is 0. The molecule has 1 aliphatic rings. The first-order valence-electron chi connectivity index (χ1n) is 7.53. The van der Waals surface area contributed by atoms with Crippen molar-refractivity contribution >= 4 is 11.4 Å². The second-order valence-electron chi connectivity index (χ2n) is 6.93. The van der Waals surface area contributed by atoms with Crippen molar-refractivity contribution in [3.63, 3.8) is 0 Å². The Morgan fingerprint density at radius 3 is 2.50 bits per heavy atom. The fraction of sp³-hybridized carbons (Fsp3) is 0.556. The fourth-order valence-corrected chi connectivity index (χ4v) is 2.67. The van der Waals surface area contributed by atoms with Gasteiger partial charge in [0.15, 0.2) is 5.78 Å². The number of carbonyl (C=O) groups excluding carboxylic acids is 1. The van der Waals surface area contributed by atoms with Crippen molar-refractivity contribution in [1.82, 2.24) is 4.98 Å². The molecule has 0 saturated carbocycles. The second kappa shape index (κ2) is 5.16. The van der Waals surface area contributed by atoms with Gasteiger partial charge in [-0.15, -0.1) is 0 Å². The van der Waals surface area contributed by atoms with Gasteiger partial charge in [-0.1, -0.05) is 47.6 Å². The summed E-state index contributed by atoms with van der Waals surface area (Å²) in [6.07, 6.45) is 3.45. The smallest absolute Gasteiger partial charge is 0.164 e. The van der Waals surface area contributed by atoms with Crippen LogP contribution in [0, 0.1) is 0 Å². The molecule has 0 saturated heterocycles. The number of hydrogen-bond donors (Lipinski definition) is 0. The van der Waals surface area contributed by atoms with Gasteiger partial charge in [0.05, 0.1) is 5.69 Å². The van der Waals surface area contributed by atoms with Gasteiger partial charge in [0, 0.05) is 23.1 Å². The van der Waals surface area contributed by atoms with E-state index in [2.05, 4.69) is 46.8 Å². The molecule has 0 aliphatic heterocycles. The lowest BCUT2D eigenvalue weighted by Crippen LogP contribution is -2.17. The van der Waals surface area contributed by atoms with Gasteiger partial charge in [-0.25, -0.2) is 0 Å². The molecular weight excluding hydrogens is 246 g/mol. The molecule has 0 fully saturated rings. The van der Waals surface area contributed by atoms with Gasteiger partial charge in [-0.3, -0.25) is 9.78 Å². The monoisotopic (exact) mass is 271 g/mol. The molecule has 108 valence electrons. The normalized spacial score (nSPS) is 14.4. The highest BCUT2D eigenvalue weighted by Gasteiger charge is 2.27. The molecule has 1 aromatic rings. The summed E-state index contributed by atoms with van der Waals surface area (Å²) in [4.78, 5) is 16.9. The quantitative estimate of drug-likeness (QED) is 0.814. The van der Waals surface area contributed by atoms with E-state index < -0.39 is 0 Å². The van der Waals surface area contributed by atoms with Crippen molar-refractivity contribution in [2.75, 3.05) is 0 Å². The number of ketones is 1. The molecule has 0 spiro atoms. The molecular formula is C18H25NO. The van der Waals surface area contributed by atoms with Crippen molar-refractivity contribution in [3.8, 4) is 0 Å². The Kier molecular flexibility index (Phi) is 3.86. The van der Waals surface area contributed by atoms with E-state index in [4.69, 9.17) is 4.98 Å². The predicted octanol–water partition coefficient (Wildman–Crippen LogP) is 4.42. The van der Waals surface area contributed by atoms with Gasteiger partial charge in [0.1, 0.15) is 0 Å². The summed E-state index contributed by atoms with van der Waals surface area (Å²) in [5.74, 6) is 0.661. The second-order valence-corrected chi connectivity index (χ2v) is 6.93. The van der Waals surface area contributed by atoms with Crippen molar-refractivity contribution in [2.24, 2.45) is 0 Å². The molecule has 1 aliphatic carbocycles. The lowest BCUT2D eigenvalue weighted by molar-refractivity contribution is -0.113. The van der Waals surface area contributed by atoms with Crippen LogP contribution in [-0.2, 0) is 16.6 Å². The maximum atomic E-state index is 12.1. The number of pyridine rings is 1. The first kappa shape index (κ1) is 15.0. The Morgan fingerprint density at radius 2 is 2.00 bits per heavy atom. The highest BCUT2D eigenvalue weighted by molar-refractivity contribution is 6.21. The van der Waals surface area contributed by atoms with E-state index >= 15 is 0 Å². The summed E-state index contributed by atoms with van der Waals surface area (Å²) in [6.45, 7) is 12.9. The van der Waals surface area contributed by atoms with Crippen molar-refractivity contribution in [2.45, 2.75) is 65.7 Å². The molecule has 0 atom stereocenters. The third kappa shape index (κ3) is 2.56. The Balaban J connectivity index is 2.63. The average Bonchev–Trinajstić information content (AvgIpc) is 2.79. The molecule has 2 rings (SSSR count). The summed E-state index contributed by atoms with van der Waals surface area (Å²) >= 11 is 0. The lowest BCUT2D eigenvalue weighted by Gasteiger charge is -2.22. The van der Waals surface area contributed by atoms with E-state index in [1.165, 1.54) is 11.1 Å². The first-order chi connectivity index (χ1) is 9.25. The molecule has 0 radical (unpaired) electrons. The van der Waals surface area contributed by atoms with Crippen LogP contribution in [0.2, 0.25) is 0 Å². The van der Waals surface area contributed by atoms with Gasteiger partial charge < -0.3 is 0 Å². The van der Waals surface area contributed by atoms with E-state index in [0.717, 1.165) is 23.4 Å². The van der Waals surface area contributed by atoms with Crippen LogP contribution in [0.4, 0.5) is 0 Å². The van der Waals surface area contributed by atoms with E-state index in [0.29, 0.717) is 12.3 Å². The Morgan fingerprint density at radius 1 is 1.35 bits per heavy atom. The van der Waals surface area contributed by atoms with Gasteiger partial charge >= 0.3 is 0 Å². The minimum atomic E-state index is 0.00162. The lowest BCUT2D eigenvalue weighted by atomic mass is 9.86. The standard InChI is InChI=1S/C18H25NO/c1-7-15(20)13-9-8-12-14(11(2)3)10-16(18(4,5)6)19-17(12)13/h9-11H,7-8H2,1-6H3. The summed E-state index contributed by atoms with van der Waals surface area (Å²) in [5, 5.41) is 0. The molecule has 0 amide bonds. The van der Waals surface area contributed by atoms with Gasteiger partial charge in [-0.05, 0) is 29.5 Å². The number of carbonyl (C=O) groups is 1. The maximum absolute atomic E-state index is 12.1. The molecule has 1 heterocycles. The van der Waals surface area contributed by atoms with Crippen LogP contribution in [0.5, 0.6) is 0 Å². The van der Waals surface area contributed by atoms with E-state index in [1.54, 1.807) is 0 Å². The van der Waals surface area contributed by atoms with Crippen molar-refractivity contribution in [3.05, 3.63) is 34.7 Å². The molecule has 2 heteroatoms. The van der Waals surface area contributed by atoms with Crippen LogP contribution in [0.25, 0.3) is 5.57 Å². The zero-order chi connectivity index (χ0) is 15.1. The predicted molar refractivity (Wildman–Crippen MR) is 84.0 cm³/mol. The number of rotatable bonds is 3. The largest absolute Gasteiger partial charge is 0.294 e. The van der Waals surface area contributed by atoms with Crippen molar-refractivity contribution < 1.29 is 4.79 Å². The highest BCUT2D eigenvalue weighted by atomic mass is 16.1. The average molecular weight is 271 g/mol. The fourth-order valence-electron chi connectivity index (χ4n) is 2.67. The number of allylic oxidation sites excluding steroid dienone is 2. The SMILES string of the molecule is CCC(=O)C1=CCc2c(C(C)C)cc(C(C)(C)C)nc21. The van der Waals surface area contributed by atoms with Gasteiger partial charge in [0.2, 0.25) is 0 Å². The van der Waals surface area contributed by atoms with Crippen LogP contribution in [0.3, 0.4) is 0 Å². The van der Waals surface area contributed by atoms with Crippen LogP contribution in [0.1, 0.15) is 76.4 Å². The topological polar surface area (TPSA) is 30.0 Å². The zero-order valence-electron chi connectivity index (χ0n) is 13.5. The van der Waals surface area contributed by atoms with Crippen molar-refractivity contribution in [1.29, 1.82) is 0 Å². The van der Waals surface area contributed by atoms with Crippen LogP contribution >= 0.6 is 0 Å². The van der Waals surface area contributed by atoms with Crippen LogP contribution in [0.15, 0.2) is 12.1 Å². The zero-order valence-corrected chi connectivity index (χ0v) is 13.5. The minimum absolute atomic E-state index is 0.00162. The molecule has 0 aromatic carbocycles. The molecule has 1 aromatic heterocycles. The Bertz CT molecular complexity index is 574. The Hall–Kier alpha value is -1.44. The van der Waals surface area contributed by atoms with Crippen LogP contribution < -0.4 is 0 Å². The third-order valence-corrected chi connectivity index (χ3v) is 3.94. The number of nitrogens with zero attached hydrogens (tertiary/aromatic N) is 1. The highest BCUT2D eigenvalue weighted by Crippen LogP contribution is 2.36. The summed E-state index contributed by atoms with van der Waals surface area (Å²) in [5.41, 5.74) is 5.45. The number of aromatic nitrogens is 1. The summed E-state index contributed by atoms with van der Waals surface area (Å²) < 4.78 is 0. The Labute approximate surface area is 122 Å². The van der Waals surface area contributed by atoms with E-state index in [9.17, 15) is 4.79 Å². The molecule has 2 nitrogen and oxygen atoms in total. The molecule has 0 bridgehead atoms. The molecule has 0 unspecified atom stereocenters. The number of hydrogen-bond acceptors (Lipinski definition) is 2. The van der Waals surface area contributed by atoms with E-state index in [-0.39, 0.29) is 11.2 Å². The first-order valence-corrected chi connectivity index (χ1v) is 7.53. The van der Waals surface area contributed by atoms with Gasteiger partial charge in [-0.2, -0.15) is 0 Å².